The highest BCUT2D eigenvalue weighted by atomic mass is 35.5. The SMILES string of the molecule is C=CCn1c(COc2ccc(Cl)cc2)nnc1SC(C)C(=O)Nc1cccc2ccccc12. The Labute approximate surface area is 201 Å². The highest BCUT2D eigenvalue weighted by Gasteiger charge is 2.21. The van der Waals surface area contributed by atoms with Gasteiger partial charge in [-0.15, -0.1) is 16.8 Å². The topological polar surface area (TPSA) is 69.0 Å². The molecule has 4 rings (SSSR count). The molecule has 8 heteroatoms. The second kappa shape index (κ2) is 10.6. The molecule has 0 saturated heterocycles. The van der Waals surface area contributed by atoms with E-state index in [1.807, 2.05) is 54.0 Å². The molecule has 1 atom stereocenters. The van der Waals surface area contributed by atoms with Crippen LogP contribution in [0.5, 0.6) is 5.75 Å². The highest BCUT2D eigenvalue weighted by molar-refractivity contribution is 8.00. The summed E-state index contributed by atoms with van der Waals surface area (Å²) in [6.45, 7) is 6.42. The molecule has 4 aromatic rings. The van der Waals surface area contributed by atoms with E-state index in [4.69, 9.17) is 16.3 Å². The van der Waals surface area contributed by atoms with Gasteiger partial charge in [-0.1, -0.05) is 65.8 Å². The van der Waals surface area contributed by atoms with Crippen molar-refractivity contribution in [2.24, 2.45) is 0 Å². The Kier molecular flexibility index (Phi) is 7.32. The number of allylic oxidation sites excluding steroid dienone is 1. The van der Waals surface area contributed by atoms with Crippen molar-refractivity contribution in [2.45, 2.75) is 30.5 Å². The third-order valence-electron chi connectivity index (χ3n) is 4.99. The molecule has 0 aliphatic rings. The van der Waals surface area contributed by atoms with E-state index in [9.17, 15) is 4.79 Å². The summed E-state index contributed by atoms with van der Waals surface area (Å²) in [6, 6.07) is 20.9. The average Bonchev–Trinajstić information content (AvgIpc) is 3.20. The normalized spacial score (nSPS) is 11.8. The number of aromatic nitrogens is 3. The van der Waals surface area contributed by atoms with Crippen LogP contribution in [0, 0.1) is 0 Å². The van der Waals surface area contributed by atoms with Gasteiger partial charge < -0.3 is 10.1 Å². The molecular formula is C25H23ClN4O2S. The van der Waals surface area contributed by atoms with Gasteiger partial charge in [-0.05, 0) is 42.6 Å². The standard InChI is InChI=1S/C25H23ClN4O2S/c1-3-15-30-23(16-32-20-13-11-19(26)12-14-20)28-29-25(30)33-17(2)24(31)27-22-10-6-8-18-7-4-5-9-21(18)22/h3-14,17H,1,15-16H2,2H3,(H,27,31). The maximum Gasteiger partial charge on any atom is 0.237 e. The summed E-state index contributed by atoms with van der Waals surface area (Å²) in [7, 11) is 0. The maximum atomic E-state index is 12.9. The number of nitrogens with one attached hydrogen (secondary N) is 1. The molecule has 33 heavy (non-hydrogen) atoms. The molecule has 6 nitrogen and oxygen atoms in total. The number of fused-ring (bicyclic) bond motifs is 1. The molecule has 3 aromatic carbocycles. The van der Waals surface area contributed by atoms with Crippen LogP contribution in [0.4, 0.5) is 5.69 Å². The molecule has 1 N–H and O–H groups in total. The minimum atomic E-state index is -0.387. The van der Waals surface area contributed by atoms with E-state index in [1.54, 1.807) is 30.3 Å². The van der Waals surface area contributed by atoms with Crippen molar-refractivity contribution in [1.82, 2.24) is 14.8 Å². The number of nitrogens with zero attached hydrogens (tertiary/aromatic N) is 3. The third-order valence-corrected chi connectivity index (χ3v) is 6.32. The van der Waals surface area contributed by atoms with Crippen LogP contribution in [-0.2, 0) is 17.9 Å². The molecular weight excluding hydrogens is 456 g/mol. The zero-order valence-corrected chi connectivity index (χ0v) is 19.6. The zero-order chi connectivity index (χ0) is 23.2. The van der Waals surface area contributed by atoms with E-state index in [0.717, 1.165) is 16.5 Å². The number of hydrogen-bond acceptors (Lipinski definition) is 5. The van der Waals surface area contributed by atoms with Gasteiger partial charge in [0.1, 0.15) is 12.4 Å². The van der Waals surface area contributed by atoms with Crippen molar-refractivity contribution in [2.75, 3.05) is 5.32 Å². The fourth-order valence-corrected chi connectivity index (χ4v) is 4.29. The lowest BCUT2D eigenvalue weighted by Gasteiger charge is -2.14. The first kappa shape index (κ1) is 22.9. The van der Waals surface area contributed by atoms with Crippen molar-refractivity contribution in [1.29, 1.82) is 0 Å². The number of carbonyl (C=O) groups excluding carboxylic acids is 1. The lowest BCUT2D eigenvalue weighted by Crippen LogP contribution is -2.23. The van der Waals surface area contributed by atoms with Crippen molar-refractivity contribution in [3.63, 3.8) is 0 Å². The quantitative estimate of drug-likeness (QED) is 0.237. The van der Waals surface area contributed by atoms with Crippen LogP contribution in [0.25, 0.3) is 10.8 Å². The van der Waals surface area contributed by atoms with Gasteiger partial charge in [0.2, 0.25) is 5.91 Å². The van der Waals surface area contributed by atoms with E-state index >= 15 is 0 Å². The van der Waals surface area contributed by atoms with Crippen molar-refractivity contribution in [3.05, 3.63) is 90.2 Å². The van der Waals surface area contributed by atoms with E-state index in [2.05, 4.69) is 22.1 Å². The van der Waals surface area contributed by atoms with Crippen LogP contribution < -0.4 is 10.1 Å². The second-order valence-electron chi connectivity index (χ2n) is 7.32. The van der Waals surface area contributed by atoms with Gasteiger partial charge in [0, 0.05) is 22.6 Å². The van der Waals surface area contributed by atoms with E-state index in [-0.39, 0.29) is 17.8 Å². The van der Waals surface area contributed by atoms with Gasteiger partial charge in [0.25, 0.3) is 0 Å². The minimum absolute atomic E-state index is 0.108. The molecule has 0 aliphatic heterocycles. The summed E-state index contributed by atoms with van der Waals surface area (Å²) >= 11 is 7.27. The molecule has 1 unspecified atom stereocenters. The Morgan fingerprint density at radius 2 is 1.91 bits per heavy atom. The number of anilines is 1. The van der Waals surface area contributed by atoms with E-state index in [1.165, 1.54) is 11.8 Å². The Hall–Kier alpha value is -3.29. The van der Waals surface area contributed by atoms with Gasteiger partial charge in [-0.25, -0.2) is 0 Å². The lowest BCUT2D eigenvalue weighted by molar-refractivity contribution is -0.115. The minimum Gasteiger partial charge on any atom is -0.486 e. The molecule has 0 saturated carbocycles. The van der Waals surface area contributed by atoms with Crippen LogP contribution in [-0.4, -0.2) is 25.9 Å². The lowest BCUT2D eigenvalue weighted by atomic mass is 10.1. The van der Waals surface area contributed by atoms with Gasteiger partial charge in [0.05, 0.1) is 5.25 Å². The van der Waals surface area contributed by atoms with Crippen LogP contribution in [0.15, 0.2) is 84.5 Å². The van der Waals surface area contributed by atoms with Crippen LogP contribution in [0.3, 0.4) is 0 Å². The van der Waals surface area contributed by atoms with Crippen molar-refractivity contribution >= 4 is 45.7 Å². The number of rotatable bonds is 9. The summed E-state index contributed by atoms with van der Waals surface area (Å²) in [4.78, 5) is 12.9. The maximum absolute atomic E-state index is 12.9. The Bertz CT molecular complexity index is 1270. The number of hydrogen-bond donors (Lipinski definition) is 1. The summed E-state index contributed by atoms with van der Waals surface area (Å²) in [5.41, 5.74) is 0.787. The molecule has 168 valence electrons. The van der Waals surface area contributed by atoms with E-state index in [0.29, 0.717) is 28.3 Å². The molecule has 0 radical (unpaired) electrons. The smallest absolute Gasteiger partial charge is 0.237 e. The average molecular weight is 479 g/mol. The predicted molar refractivity (Wildman–Crippen MR) is 134 cm³/mol. The molecule has 0 fully saturated rings. The van der Waals surface area contributed by atoms with Gasteiger partial charge in [-0.2, -0.15) is 0 Å². The molecule has 0 spiro atoms. The molecule has 0 aliphatic carbocycles. The van der Waals surface area contributed by atoms with Crippen LogP contribution in [0.1, 0.15) is 12.7 Å². The Balaban J connectivity index is 1.45. The fourth-order valence-electron chi connectivity index (χ4n) is 3.28. The summed E-state index contributed by atoms with van der Waals surface area (Å²) < 4.78 is 7.71. The highest BCUT2D eigenvalue weighted by Crippen LogP contribution is 2.27. The molecule has 1 amide bonds. The number of halogens is 1. The largest absolute Gasteiger partial charge is 0.486 e. The number of ether oxygens (including phenoxy) is 1. The van der Waals surface area contributed by atoms with Crippen LogP contribution >= 0.6 is 23.4 Å². The predicted octanol–water partition coefficient (Wildman–Crippen LogP) is 5.97. The Morgan fingerprint density at radius 3 is 2.70 bits per heavy atom. The first-order chi connectivity index (χ1) is 16.0. The van der Waals surface area contributed by atoms with Gasteiger partial charge in [0.15, 0.2) is 11.0 Å². The number of thioether (sulfide) groups is 1. The molecule has 1 aromatic heterocycles. The monoisotopic (exact) mass is 478 g/mol. The summed E-state index contributed by atoms with van der Waals surface area (Å²) in [5.74, 6) is 1.22. The third kappa shape index (κ3) is 5.56. The van der Waals surface area contributed by atoms with Crippen molar-refractivity contribution < 1.29 is 9.53 Å². The fraction of sp³-hybridized carbons (Fsp3) is 0.160. The summed E-state index contributed by atoms with van der Waals surface area (Å²) in [6.07, 6.45) is 1.76. The molecule has 1 heterocycles. The van der Waals surface area contributed by atoms with E-state index < -0.39 is 0 Å². The summed E-state index contributed by atoms with van der Waals surface area (Å²) in [5, 5.41) is 14.6. The first-order valence-electron chi connectivity index (χ1n) is 10.4. The first-order valence-corrected chi connectivity index (χ1v) is 11.7. The number of amides is 1. The zero-order valence-electron chi connectivity index (χ0n) is 18.1. The van der Waals surface area contributed by atoms with Crippen molar-refractivity contribution in [3.8, 4) is 5.75 Å². The van der Waals surface area contributed by atoms with Crippen LogP contribution in [0.2, 0.25) is 5.02 Å². The number of carbonyl (C=O) groups is 1. The number of benzene rings is 3. The van der Waals surface area contributed by atoms with Gasteiger partial charge >= 0.3 is 0 Å². The second-order valence-corrected chi connectivity index (χ2v) is 9.06. The molecule has 0 bridgehead atoms. The Morgan fingerprint density at radius 1 is 1.15 bits per heavy atom. The van der Waals surface area contributed by atoms with Gasteiger partial charge in [-0.3, -0.25) is 9.36 Å².